The largest absolute Gasteiger partial charge is 0.453 e. The molecule has 11 aromatic rings. The van der Waals surface area contributed by atoms with Crippen molar-refractivity contribution in [3.05, 3.63) is 176 Å². The van der Waals surface area contributed by atoms with E-state index in [1.54, 1.807) is 0 Å². The van der Waals surface area contributed by atoms with Gasteiger partial charge in [-0.1, -0.05) is 133 Å². The molecule has 6 nitrogen and oxygen atoms in total. The van der Waals surface area contributed by atoms with Gasteiger partial charge in [-0.25, -0.2) is 15.0 Å². The summed E-state index contributed by atoms with van der Waals surface area (Å²) in [5.41, 5.74) is 11.1. The van der Waals surface area contributed by atoms with Crippen LogP contribution in [-0.2, 0) is 0 Å². The Morgan fingerprint density at radius 2 is 0.965 bits per heavy atom. The molecule has 4 heterocycles. The number of rotatable bonds is 5. The second kappa shape index (κ2) is 12.5. The van der Waals surface area contributed by atoms with Crippen molar-refractivity contribution in [2.75, 3.05) is 0 Å². The summed E-state index contributed by atoms with van der Waals surface area (Å²) < 4.78 is 11.9. The third kappa shape index (κ3) is 4.87. The maximum absolute atomic E-state index is 7.08. The predicted molar refractivity (Wildman–Crippen MR) is 233 cm³/mol. The molecule has 1 aliphatic rings. The molecule has 0 unspecified atom stereocenters. The second-order valence-corrected chi connectivity index (χ2v) is 14.7. The summed E-state index contributed by atoms with van der Waals surface area (Å²) in [5.74, 6) is 1.79. The number of para-hydroxylation sites is 4. The molecular formula is C51H33N5O. The van der Waals surface area contributed by atoms with Gasteiger partial charge in [0.25, 0.3) is 0 Å². The van der Waals surface area contributed by atoms with Crippen LogP contribution in [0, 0.1) is 0 Å². The molecule has 7 aromatic carbocycles. The van der Waals surface area contributed by atoms with Crippen molar-refractivity contribution in [3.63, 3.8) is 0 Å². The zero-order valence-electron chi connectivity index (χ0n) is 30.8. The van der Waals surface area contributed by atoms with Gasteiger partial charge in [-0.2, -0.15) is 0 Å². The van der Waals surface area contributed by atoms with E-state index in [1.165, 1.54) is 38.3 Å². The van der Waals surface area contributed by atoms with Crippen LogP contribution in [0.5, 0.6) is 0 Å². The summed E-state index contributed by atoms with van der Waals surface area (Å²) in [6.07, 6.45) is 9.02. The van der Waals surface area contributed by atoms with E-state index < -0.39 is 0 Å². The molecule has 12 rings (SSSR count). The average Bonchev–Trinajstić information content (AvgIpc) is 3.94. The van der Waals surface area contributed by atoms with Gasteiger partial charge in [-0.3, -0.25) is 0 Å². The first kappa shape index (κ1) is 31.7. The molecule has 0 radical (unpaired) electrons. The summed E-state index contributed by atoms with van der Waals surface area (Å²) >= 11 is 0. The normalized spacial score (nSPS) is 13.2. The topological polar surface area (TPSA) is 61.7 Å². The molecule has 0 saturated carbocycles. The molecule has 0 atom stereocenters. The molecule has 57 heavy (non-hydrogen) atoms. The fourth-order valence-electron chi connectivity index (χ4n) is 8.82. The highest BCUT2D eigenvalue weighted by atomic mass is 16.3. The number of hydrogen-bond donors (Lipinski definition) is 0. The van der Waals surface area contributed by atoms with Crippen LogP contribution in [0.25, 0.3) is 111 Å². The van der Waals surface area contributed by atoms with E-state index in [4.69, 9.17) is 19.4 Å². The van der Waals surface area contributed by atoms with E-state index in [-0.39, 0.29) is 0 Å². The van der Waals surface area contributed by atoms with Crippen molar-refractivity contribution in [3.8, 4) is 39.9 Å². The molecule has 0 N–H and O–H groups in total. The highest BCUT2D eigenvalue weighted by Gasteiger charge is 2.23. The first-order valence-electron chi connectivity index (χ1n) is 19.4. The molecule has 0 amide bonds. The van der Waals surface area contributed by atoms with E-state index in [9.17, 15) is 0 Å². The highest BCUT2D eigenvalue weighted by molar-refractivity contribution is 6.20. The third-order valence-corrected chi connectivity index (χ3v) is 11.4. The van der Waals surface area contributed by atoms with Crippen LogP contribution >= 0.6 is 0 Å². The van der Waals surface area contributed by atoms with Crippen molar-refractivity contribution < 1.29 is 4.42 Å². The van der Waals surface area contributed by atoms with Gasteiger partial charge < -0.3 is 13.6 Å². The smallest absolute Gasteiger partial charge is 0.167 e. The molecule has 268 valence electrons. The highest BCUT2D eigenvalue weighted by Crippen LogP contribution is 2.43. The minimum absolute atomic E-state index is 0.562. The first-order valence-corrected chi connectivity index (χ1v) is 19.4. The zero-order chi connectivity index (χ0) is 37.5. The lowest BCUT2D eigenvalue weighted by molar-refractivity contribution is 0.667. The van der Waals surface area contributed by atoms with Crippen molar-refractivity contribution >= 4 is 71.2 Å². The Morgan fingerprint density at radius 3 is 1.61 bits per heavy atom. The van der Waals surface area contributed by atoms with Gasteiger partial charge in [0.2, 0.25) is 0 Å². The van der Waals surface area contributed by atoms with Crippen LogP contribution < -0.4 is 0 Å². The summed E-state index contributed by atoms with van der Waals surface area (Å²) in [6, 6.07) is 55.1. The first-order chi connectivity index (χ1) is 28.3. The second-order valence-electron chi connectivity index (χ2n) is 14.7. The van der Waals surface area contributed by atoms with Crippen molar-refractivity contribution in [2.24, 2.45) is 0 Å². The van der Waals surface area contributed by atoms with Gasteiger partial charge in [0.15, 0.2) is 23.1 Å². The van der Waals surface area contributed by atoms with Gasteiger partial charge >= 0.3 is 0 Å². The molecular weight excluding hydrogens is 699 g/mol. The lowest BCUT2D eigenvalue weighted by Gasteiger charge is -2.12. The Morgan fingerprint density at radius 1 is 0.421 bits per heavy atom. The third-order valence-electron chi connectivity index (χ3n) is 11.4. The van der Waals surface area contributed by atoms with Gasteiger partial charge in [-0.05, 0) is 55.3 Å². The average molecular weight is 732 g/mol. The van der Waals surface area contributed by atoms with Crippen LogP contribution in [0.3, 0.4) is 0 Å². The number of allylic oxidation sites excluding steroid dienone is 4. The maximum Gasteiger partial charge on any atom is 0.167 e. The lowest BCUT2D eigenvalue weighted by atomic mass is 10.1. The summed E-state index contributed by atoms with van der Waals surface area (Å²) in [5, 5.41) is 6.89. The molecule has 0 aliphatic heterocycles. The monoisotopic (exact) mass is 731 g/mol. The number of aromatic nitrogens is 5. The van der Waals surface area contributed by atoms with Crippen LogP contribution in [0.1, 0.15) is 12.8 Å². The molecule has 0 fully saturated rings. The number of nitrogens with zero attached hydrogens (tertiary/aromatic N) is 5. The summed E-state index contributed by atoms with van der Waals surface area (Å²) in [7, 11) is 0. The quantitative estimate of drug-likeness (QED) is 0.177. The molecule has 0 spiro atoms. The fourth-order valence-corrected chi connectivity index (χ4v) is 8.82. The van der Waals surface area contributed by atoms with E-state index in [0.29, 0.717) is 17.5 Å². The summed E-state index contributed by atoms with van der Waals surface area (Å²) in [4.78, 5) is 15.1. The zero-order valence-corrected chi connectivity index (χ0v) is 30.8. The Bertz CT molecular complexity index is 3400. The van der Waals surface area contributed by atoms with Gasteiger partial charge in [0.1, 0.15) is 5.58 Å². The van der Waals surface area contributed by atoms with Crippen molar-refractivity contribution in [1.82, 2.24) is 24.1 Å². The maximum atomic E-state index is 7.08. The standard InChI is InChI=1S/C51H33N5O/c1-4-16-32(17-5-1)49-52-50(33-18-6-2-7-19-33)54-51(53-49)39-26-14-24-37-38-25-15-29-44(48(38)57-47(37)39)56-43-28-13-11-23-36(43)41-30-45-40(31-46(41)56)35-22-10-12-27-42(35)55(45)34-20-8-3-9-21-34/h1-2,4-8,10-31H,3,9H2. The van der Waals surface area contributed by atoms with Crippen LogP contribution in [-0.4, -0.2) is 24.1 Å². The van der Waals surface area contributed by atoms with Crippen LogP contribution in [0.15, 0.2) is 180 Å². The Balaban J connectivity index is 1.12. The van der Waals surface area contributed by atoms with Gasteiger partial charge in [0, 0.05) is 49.1 Å². The molecule has 4 aromatic heterocycles. The number of fused-ring (bicyclic) bond motifs is 9. The Hall–Kier alpha value is -7.57. The minimum Gasteiger partial charge on any atom is -0.453 e. The van der Waals surface area contributed by atoms with Crippen molar-refractivity contribution in [1.29, 1.82) is 0 Å². The number of hydrogen-bond acceptors (Lipinski definition) is 4. The van der Waals surface area contributed by atoms with E-state index in [0.717, 1.165) is 68.2 Å². The van der Waals surface area contributed by atoms with Crippen molar-refractivity contribution in [2.45, 2.75) is 12.8 Å². The van der Waals surface area contributed by atoms with Gasteiger partial charge in [-0.15, -0.1) is 0 Å². The SMILES string of the molecule is C1=CC(n2c3ccccc3c3cc4c(cc32)c2ccccc2n4-c2cccc3c2oc2c(-c4nc(-c5ccccc5)nc(-c5ccccc5)n4)cccc23)=CCC1. The number of benzene rings is 7. The Labute approximate surface area is 327 Å². The lowest BCUT2D eigenvalue weighted by Crippen LogP contribution is -2.00. The van der Waals surface area contributed by atoms with E-state index >= 15 is 0 Å². The summed E-state index contributed by atoms with van der Waals surface area (Å²) in [6.45, 7) is 0. The van der Waals surface area contributed by atoms with E-state index in [1.807, 2.05) is 66.7 Å². The van der Waals surface area contributed by atoms with Crippen LogP contribution in [0.2, 0.25) is 0 Å². The molecule has 0 bridgehead atoms. The molecule has 0 saturated heterocycles. The minimum atomic E-state index is 0.562. The van der Waals surface area contributed by atoms with Gasteiger partial charge in [0.05, 0.1) is 33.3 Å². The fraction of sp³-hybridized carbons (Fsp3) is 0.0392. The number of furan rings is 1. The Kier molecular flexibility index (Phi) is 6.95. The van der Waals surface area contributed by atoms with E-state index in [2.05, 4.69) is 118 Å². The molecule has 1 aliphatic carbocycles. The molecule has 6 heteroatoms. The van der Waals surface area contributed by atoms with Crippen LogP contribution in [0.4, 0.5) is 0 Å². The predicted octanol–water partition coefficient (Wildman–Crippen LogP) is 13.2.